The summed E-state index contributed by atoms with van der Waals surface area (Å²) in [6.07, 6.45) is 3.55. The van der Waals surface area contributed by atoms with E-state index in [1.165, 1.54) is 6.26 Å². The Labute approximate surface area is 87.5 Å². The number of nitriles is 1. The lowest BCUT2D eigenvalue weighted by Gasteiger charge is -2.30. The Morgan fingerprint density at radius 2 is 2.13 bits per heavy atom. The zero-order valence-corrected chi connectivity index (χ0v) is 8.22. The van der Waals surface area contributed by atoms with E-state index in [9.17, 15) is 4.79 Å². The highest BCUT2D eigenvalue weighted by Gasteiger charge is 2.22. The van der Waals surface area contributed by atoms with Crippen LogP contribution in [0.1, 0.15) is 10.6 Å². The van der Waals surface area contributed by atoms with Gasteiger partial charge in [-0.2, -0.15) is 5.26 Å². The van der Waals surface area contributed by atoms with Gasteiger partial charge in [0, 0.05) is 26.2 Å². The number of nitrogens with zero attached hydrogens (tertiary/aromatic N) is 3. The molecular weight excluding hydrogens is 194 g/mol. The molecule has 0 aromatic carbocycles. The molecule has 0 radical (unpaired) electrons. The molecule has 2 rings (SSSR count). The number of amides is 1. The Kier molecular flexibility index (Phi) is 2.59. The minimum absolute atomic E-state index is 0.0995. The lowest BCUT2D eigenvalue weighted by Crippen LogP contribution is -2.46. The van der Waals surface area contributed by atoms with Crippen molar-refractivity contribution >= 4 is 5.91 Å². The van der Waals surface area contributed by atoms with E-state index in [1.54, 1.807) is 21.9 Å². The molecule has 1 aromatic heterocycles. The predicted octanol–water partition coefficient (Wildman–Crippen LogP) is 0.518. The number of carbonyl (C=O) groups excluding carboxylic acids is 1. The quantitative estimate of drug-likeness (QED) is 0.627. The fourth-order valence-electron chi connectivity index (χ4n) is 1.57. The Hall–Kier alpha value is -1.96. The fourth-order valence-corrected chi connectivity index (χ4v) is 1.57. The highest BCUT2D eigenvalue weighted by Crippen LogP contribution is 2.08. The third-order valence-electron chi connectivity index (χ3n) is 2.44. The molecule has 1 aliphatic heterocycles. The smallest absolute Gasteiger partial charge is 0.289 e. The van der Waals surface area contributed by atoms with Crippen LogP contribution >= 0.6 is 0 Å². The van der Waals surface area contributed by atoms with Crippen LogP contribution in [0.3, 0.4) is 0 Å². The summed E-state index contributed by atoms with van der Waals surface area (Å²) in [6.45, 7) is 2.35. The summed E-state index contributed by atoms with van der Waals surface area (Å²) in [7, 11) is 0. The maximum atomic E-state index is 11.8. The van der Waals surface area contributed by atoms with Gasteiger partial charge in [-0.25, -0.2) is 0 Å². The van der Waals surface area contributed by atoms with Crippen LogP contribution in [-0.4, -0.2) is 41.9 Å². The molecule has 0 bridgehead atoms. The third kappa shape index (κ3) is 1.94. The Morgan fingerprint density at radius 1 is 1.40 bits per heavy atom. The highest BCUT2D eigenvalue weighted by atomic mass is 16.3. The van der Waals surface area contributed by atoms with Crippen LogP contribution in [0.5, 0.6) is 0 Å². The van der Waals surface area contributed by atoms with Gasteiger partial charge >= 0.3 is 0 Å². The van der Waals surface area contributed by atoms with E-state index in [2.05, 4.69) is 6.19 Å². The summed E-state index contributed by atoms with van der Waals surface area (Å²) >= 11 is 0. The lowest BCUT2D eigenvalue weighted by molar-refractivity contribution is 0.0652. The van der Waals surface area contributed by atoms with Crippen LogP contribution in [-0.2, 0) is 0 Å². The van der Waals surface area contributed by atoms with Gasteiger partial charge < -0.3 is 14.2 Å². The van der Waals surface area contributed by atoms with Crippen LogP contribution < -0.4 is 0 Å². The van der Waals surface area contributed by atoms with Gasteiger partial charge in [0.15, 0.2) is 12.0 Å². The fraction of sp³-hybridized carbons (Fsp3) is 0.400. The molecule has 0 unspecified atom stereocenters. The largest absolute Gasteiger partial charge is 0.459 e. The molecule has 0 saturated carbocycles. The molecule has 0 N–H and O–H groups in total. The molecule has 0 aliphatic carbocycles. The normalized spacial score (nSPS) is 16.2. The van der Waals surface area contributed by atoms with Crippen molar-refractivity contribution in [3.8, 4) is 6.19 Å². The topological polar surface area (TPSA) is 60.5 Å². The molecule has 1 aromatic rings. The van der Waals surface area contributed by atoms with Crippen LogP contribution in [0.4, 0.5) is 0 Å². The first-order valence-electron chi connectivity index (χ1n) is 4.79. The summed E-state index contributed by atoms with van der Waals surface area (Å²) in [5, 5.41) is 8.65. The van der Waals surface area contributed by atoms with Crippen molar-refractivity contribution in [2.45, 2.75) is 0 Å². The highest BCUT2D eigenvalue weighted by molar-refractivity contribution is 5.91. The molecule has 1 aliphatic rings. The second-order valence-electron chi connectivity index (χ2n) is 3.36. The first kappa shape index (κ1) is 9.59. The van der Waals surface area contributed by atoms with E-state index in [0.29, 0.717) is 31.9 Å². The molecule has 0 atom stereocenters. The van der Waals surface area contributed by atoms with Gasteiger partial charge in [0.2, 0.25) is 0 Å². The molecule has 1 saturated heterocycles. The van der Waals surface area contributed by atoms with Crippen molar-refractivity contribution in [2.24, 2.45) is 0 Å². The van der Waals surface area contributed by atoms with Crippen molar-refractivity contribution in [1.82, 2.24) is 9.80 Å². The van der Waals surface area contributed by atoms with E-state index >= 15 is 0 Å². The van der Waals surface area contributed by atoms with Gasteiger partial charge in [-0.05, 0) is 12.1 Å². The molecule has 2 heterocycles. The van der Waals surface area contributed by atoms with Crippen LogP contribution in [0, 0.1) is 11.5 Å². The van der Waals surface area contributed by atoms with Crippen LogP contribution in [0.15, 0.2) is 22.8 Å². The number of rotatable bonds is 1. The van der Waals surface area contributed by atoms with Gasteiger partial charge in [0.25, 0.3) is 5.91 Å². The van der Waals surface area contributed by atoms with Crippen LogP contribution in [0.25, 0.3) is 0 Å². The van der Waals surface area contributed by atoms with Gasteiger partial charge in [-0.15, -0.1) is 0 Å². The zero-order valence-electron chi connectivity index (χ0n) is 8.22. The van der Waals surface area contributed by atoms with Gasteiger partial charge in [-0.3, -0.25) is 4.79 Å². The van der Waals surface area contributed by atoms with E-state index in [4.69, 9.17) is 9.68 Å². The summed E-state index contributed by atoms with van der Waals surface area (Å²) in [5.74, 6) is 0.262. The summed E-state index contributed by atoms with van der Waals surface area (Å²) < 4.78 is 5.03. The molecular formula is C10H11N3O2. The molecule has 1 amide bonds. The van der Waals surface area contributed by atoms with Crippen molar-refractivity contribution < 1.29 is 9.21 Å². The molecule has 78 valence electrons. The average Bonchev–Trinajstić information content (AvgIpc) is 2.82. The maximum absolute atomic E-state index is 11.8. The number of furan rings is 1. The standard InChI is InChI=1S/C10H11N3O2/c11-8-12-3-5-13(6-4-12)10(14)9-2-1-7-15-9/h1-2,7H,3-6H2. The Balaban J connectivity index is 1.97. The van der Waals surface area contributed by atoms with Crippen molar-refractivity contribution in [3.05, 3.63) is 24.2 Å². The van der Waals surface area contributed by atoms with Gasteiger partial charge in [0.05, 0.1) is 6.26 Å². The minimum Gasteiger partial charge on any atom is -0.459 e. The number of hydrogen-bond acceptors (Lipinski definition) is 4. The van der Waals surface area contributed by atoms with E-state index < -0.39 is 0 Å². The van der Waals surface area contributed by atoms with Crippen LogP contribution in [0.2, 0.25) is 0 Å². The second-order valence-corrected chi connectivity index (χ2v) is 3.36. The first-order valence-corrected chi connectivity index (χ1v) is 4.79. The van der Waals surface area contributed by atoms with E-state index in [1.807, 2.05) is 0 Å². The number of piperazine rings is 1. The first-order chi connectivity index (χ1) is 7.31. The second kappa shape index (κ2) is 4.05. The molecule has 5 nitrogen and oxygen atoms in total. The zero-order chi connectivity index (χ0) is 10.7. The minimum atomic E-state index is -0.0995. The molecule has 1 fully saturated rings. The summed E-state index contributed by atoms with van der Waals surface area (Å²) in [6, 6.07) is 3.35. The summed E-state index contributed by atoms with van der Waals surface area (Å²) in [4.78, 5) is 15.1. The number of carbonyl (C=O) groups is 1. The molecule has 5 heteroatoms. The maximum Gasteiger partial charge on any atom is 0.289 e. The predicted molar refractivity (Wildman–Crippen MR) is 51.8 cm³/mol. The van der Waals surface area contributed by atoms with Gasteiger partial charge in [-0.1, -0.05) is 0 Å². The van der Waals surface area contributed by atoms with Crippen molar-refractivity contribution in [2.75, 3.05) is 26.2 Å². The Morgan fingerprint density at radius 3 is 2.67 bits per heavy atom. The third-order valence-corrected chi connectivity index (χ3v) is 2.44. The molecule has 0 spiro atoms. The van der Waals surface area contributed by atoms with Gasteiger partial charge in [0.1, 0.15) is 0 Å². The SMILES string of the molecule is N#CN1CCN(C(=O)c2ccco2)CC1. The van der Waals surface area contributed by atoms with Crippen molar-refractivity contribution in [1.29, 1.82) is 5.26 Å². The Bertz CT molecular complexity index is 372. The van der Waals surface area contributed by atoms with E-state index in [-0.39, 0.29) is 5.91 Å². The lowest BCUT2D eigenvalue weighted by atomic mass is 10.3. The summed E-state index contributed by atoms with van der Waals surface area (Å²) in [5.41, 5.74) is 0. The average molecular weight is 205 g/mol. The van der Waals surface area contributed by atoms with Crippen molar-refractivity contribution in [3.63, 3.8) is 0 Å². The molecule has 15 heavy (non-hydrogen) atoms. The number of hydrogen-bond donors (Lipinski definition) is 0. The monoisotopic (exact) mass is 205 g/mol. The van der Waals surface area contributed by atoms with E-state index in [0.717, 1.165) is 0 Å².